The summed E-state index contributed by atoms with van der Waals surface area (Å²) in [6.07, 6.45) is 1.27. The SMILES string of the molecule is Cc1nn(Cc2ccc(C(=O)Nc3nc(CN4CC(C)CC(C)C4)cs3)cc2)c(C)c1[N+](=O)[O-]. The summed E-state index contributed by atoms with van der Waals surface area (Å²) in [4.78, 5) is 30.5. The number of carbonyl (C=O) groups excluding carboxylic acids is 1. The van der Waals surface area contributed by atoms with E-state index in [2.05, 4.69) is 34.1 Å². The standard InChI is InChI=1S/C24H30N6O3S/c1-15-9-16(2)11-28(10-15)13-21-14-34-24(25-21)26-23(31)20-7-5-19(6-8-20)12-29-18(4)22(30(32)33)17(3)27-29/h5-8,14-16H,9-13H2,1-4H3,(H,25,26,31). The lowest BCUT2D eigenvalue weighted by Gasteiger charge is -2.34. The summed E-state index contributed by atoms with van der Waals surface area (Å²) < 4.78 is 1.61. The predicted octanol–water partition coefficient (Wildman–Crippen LogP) is 4.64. The van der Waals surface area contributed by atoms with Gasteiger partial charge in [-0.2, -0.15) is 5.10 Å². The minimum atomic E-state index is -0.404. The third-order valence-electron chi connectivity index (χ3n) is 6.18. The number of aromatic nitrogens is 3. The molecule has 1 saturated heterocycles. The Kier molecular flexibility index (Phi) is 7.08. The first-order valence-electron chi connectivity index (χ1n) is 11.4. The number of likely N-dealkylation sites (tertiary alicyclic amines) is 1. The monoisotopic (exact) mass is 482 g/mol. The molecule has 3 aromatic rings. The van der Waals surface area contributed by atoms with Gasteiger partial charge >= 0.3 is 5.69 Å². The summed E-state index contributed by atoms with van der Waals surface area (Å²) in [5.41, 5.74) is 3.36. The molecule has 2 unspecified atom stereocenters. The lowest BCUT2D eigenvalue weighted by molar-refractivity contribution is -0.386. The molecule has 180 valence electrons. The van der Waals surface area contributed by atoms with Gasteiger partial charge in [0.1, 0.15) is 11.4 Å². The van der Waals surface area contributed by atoms with Crippen molar-refractivity contribution in [3.05, 3.63) is 68.0 Å². The number of aryl methyl sites for hydroxylation is 1. The maximum Gasteiger partial charge on any atom is 0.312 e. The molecule has 0 radical (unpaired) electrons. The first-order valence-corrected chi connectivity index (χ1v) is 12.3. The second kappa shape index (κ2) is 10.0. The fourth-order valence-electron chi connectivity index (χ4n) is 4.80. The van der Waals surface area contributed by atoms with Gasteiger partial charge in [-0.15, -0.1) is 11.3 Å². The Morgan fingerprint density at radius 2 is 1.85 bits per heavy atom. The Labute approximate surface area is 203 Å². The summed E-state index contributed by atoms with van der Waals surface area (Å²) in [5.74, 6) is 1.18. The highest BCUT2D eigenvalue weighted by molar-refractivity contribution is 7.14. The van der Waals surface area contributed by atoms with Crippen LogP contribution < -0.4 is 5.32 Å². The summed E-state index contributed by atoms with van der Waals surface area (Å²) in [6.45, 7) is 11.3. The fraction of sp³-hybridized carbons (Fsp3) is 0.458. The Morgan fingerprint density at radius 1 is 1.18 bits per heavy atom. The lowest BCUT2D eigenvalue weighted by atomic mass is 9.92. The summed E-state index contributed by atoms with van der Waals surface area (Å²) in [5, 5.41) is 21.0. The number of nitrogens with one attached hydrogen (secondary N) is 1. The number of carbonyl (C=O) groups is 1. The number of nitro groups is 1. The van der Waals surface area contributed by atoms with Crippen LogP contribution in [0.4, 0.5) is 10.8 Å². The number of piperidine rings is 1. The van der Waals surface area contributed by atoms with Crippen LogP contribution >= 0.6 is 11.3 Å². The molecule has 0 bridgehead atoms. The van der Waals surface area contributed by atoms with Crippen molar-refractivity contribution >= 4 is 28.1 Å². The van der Waals surface area contributed by atoms with E-state index in [9.17, 15) is 14.9 Å². The zero-order valence-corrected chi connectivity index (χ0v) is 20.8. The summed E-state index contributed by atoms with van der Waals surface area (Å²) >= 11 is 1.44. The smallest absolute Gasteiger partial charge is 0.298 e. The average Bonchev–Trinajstić information content (AvgIpc) is 3.30. The van der Waals surface area contributed by atoms with Crippen LogP contribution in [0.25, 0.3) is 0 Å². The number of amides is 1. The molecule has 1 N–H and O–H groups in total. The summed E-state index contributed by atoms with van der Waals surface area (Å²) in [6, 6.07) is 7.16. The van der Waals surface area contributed by atoms with Gasteiger partial charge in [0.25, 0.3) is 5.91 Å². The largest absolute Gasteiger partial charge is 0.312 e. The van der Waals surface area contributed by atoms with Crippen LogP contribution in [0.15, 0.2) is 29.6 Å². The Morgan fingerprint density at radius 3 is 2.47 bits per heavy atom. The van der Waals surface area contributed by atoms with Crippen LogP contribution in [0.3, 0.4) is 0 Å². The second-order valence-electron chi connectivity index (χ2n) is 9.37. The van der Waals surface area contributed by atoms with Gasteiger partial charge < -0.3 is 0 Å². The van der Waals surface area contributed by atoms with Crippen molar-refractivity contribution in [1.29, 1.82) is 0 Å². The van der Waals surface area contributed by atoms with Crippen LogP contribution in [0, 0.1) is 35.8 Å². The Bertz CT molecular complexity index is 1180. The number of nitrogens with zero attached hydrogens (tertiary/aromatic N) is 5. The molecule has 10 heteroatoms. The zero-order valence-electron chi connectivity index (χ0n) is 19.9. The van der Waals surface area contributed by atoms with Crippen LogP contribution in [-0.4, -0.2) is 43.6 Å². The molecule has 2 aromatic heterocycles. The topological polar surface area (TPSA) is 106 Å². The van der Waals surface area contributed by atoms with Crippen molar-refractivity contribution < 1.29 is 9.72 Å². The van der Waals surface area contributed by atoms with E-state index < -0.39 is 4.92 Å². The zero-order chi connectivity index (χ0) is 24.4. The number of thiazole rings is 1. The molecule has 1 aliphatic heterocycles. The quantitative estimate of drug-likeness (QED) is 0.388. The first-order chi connectivity index (χ1) is 16.2. The second-order valence-corrected chi connectivity index (χ2v) is 10.2. The van der Waals surface area contributed by atoms with Gasteiger partial charge in [0.05, 0.1) is 17.2 Å². The molecule has 0 saturated carbocycles. The van der Waals surface area contributed by atoms with Gasteiger partial charge in [0, 0.05) is 30.6 Å². The van der Waals surface area contributed by atoms with Gasteiger partial charge in [-0.25, -0.2) is 4.98 Å². The highest BCUT2D eigenvalue weighted by atomic mass is 32.1. The molecule has 1 aromatic carbocycles. The molecule has 4 rings (SSSR count). The van der Waals surface area contributed by atoms with E-state index in [1.54, 1.807) is 30.7 Å². The van der Waals surface area contributed by atoms with Gasteiger partial charge in [-0.05, 0) is 49.8 Å². The molecular formula is C24H30N6O3S. The van der Waals surface area contributed by atoms with Crippen LogP contribution in [-0.2, 0) is 13.1 Å². The number of hydrogen-bond donors (Lipinski definition) is 1. The normalized spacial score (nSPS) is 18.7. The van der Waals surface area contributed by atoms with Crippen molar-refractivity contribution in [3.8, 4) is 0 Å². The van der Waals surface area contributed by atoms with E-state index in [1.165, 1.54) is 17.8 Å². The molecule has 1 amide bonds. The number of benzene rings is 1. The van der Waals surface area contributed by atoms with E-state index >= 15 is 0 Å². The maximum atomic E-state index is 12.7. The molecule has 9 nitrogen and oxygen atoms in total. The van der Waals surface area contributed by atoms with Crippen molar-refractivity contribution in [2.45, 2.75) is 47.2 Å². The van der Waals surface area contributed by atoms with Gasteiger partial charge in [0.2, 0.25) is 0 Å². The molecule has 3 heterocycles. The molecule has 0 spiro atoms. The third-order valence-corrected chi connectivity index (χ3v) is 6.98. The summed E-state index contributed by atoms with van der Waals surface area (Å²) in [7, 11) is 0. The molecule has 0 aliphatic carbocycles. The fourth-order valence-corrected chi connectivity index (χ4v) is 5.49. The lowest BCUT2D eigenvalue weighted by Crippen LogP contribution is -2.38. The number of rotatable bonds is 7. The van der Waals surface area contributed by atoms with Gasteiger partial charge in [-0.3, -0.25) is 29.8 Å². The van der Waals surface area contributed by atoms with Crippen molar-refractivity contribution in [1.82, 2.24) is 19.7 Å². The first kappa shape index (κ1) is 24.0. The Hall–Kier alpha value is -3.11. The highest BCUT2D eigenvalue weighted by Crippen LogP contribution is 2.25. The molecular weight excluding hydrogens is 452 g/mol. The van der Waals surface area contributed by atoms with Crippen molar-refractivity contribution in [2.24, 2.45) is 11.8 Å². The van der Waals surface area contributed by atoms with E-state index in [1.807, 2.05) is 17.5 Å². The predicted molar refractivity (Wildman–Crippen MR) is 132 cm³/mol. The van der Waals surface area contributed by atoms with Gasteiger partial charge in [-0.1, -0.05) is 26.0 Å². The van der Waals surface area contributed by atoms with Crippen molar-refractivity contribution in [2.75, 3.05) is 18.4 Å². The molecule has 1 aliphatic rings. The number of hydrogen-bond acceptors (Lipinski definition) is 7. The van der Waals surface area contributed by atoms with Gasteiger partial charge in [0.15, 0.2) is 5.13 Å². The Balaban J connectivity index is 1.36. The van der Waals surface area contributed by atoms with E-state index in [0.717, 1.165) is 30.9 Å². The highest BCUT2D eigenvalue weighted by Gasteiger charge is 2.23. The molecule has 2 atom stereocenters. The van der Waals surface area contributed by atoms with Crippen LogP contribution in [0.5, 0.6) is 0 Å². The van der Waals surface area contributed by atoms with Crippen LogP contribution in [0.2, 0.25) is 0 Å². The number of anilines is 1. The third kappa shape index (κ3) is 5.51. The van der Waals surface area contributed by atoms with Crippen molar-refractivity contribution in [3.63, 3.8) is 0 Å². The van der Waals surface area contributed by atoms with E-state index in [0.29, 0.717) is 40.5 Å². The average molecular weight is 483 g/mol. The van der Waals surface area contributed by atoms with Crippen LogP contribution in [0.1, 0.15) is 53.3 Å². The maximum absolute atomic E-state index is 12.7. The van der Waals surface area contributed by atoms with E-state index in [4.69, 9.17) is 0 Å². The molecule has 1 fully saturated rings. The minimum absolute atomic E-state index is 0.0446. The molecule has 34 heavy (non-hydrogen) atoms. The van der Waals surface area contributed by atoms with E-state index in [-0.39, 0.29) is 11.6 Å². The minimum Gasteiger partial charge on any atom is -0.298 e.